The minimum Gasteiger partial charge on any atom is -0.493 e. The lowest BCUT2D eigenvalue weighted by molar-refractivity contribution is -0.119. The lowest BCUT2D eigenvalue weighted by Crippen LogP contribution is -2.20. The van der Waals surface area contributed by atoms with E-state index >= 15 is 0 Å². The molecule has 8 heteroatoms. The second kappa shape index (κ2) is 9.07. The van der Waals surface area contributed by atoms with Crippen LogP contribution in [0.25, 0.3) is 21.3 Å². The molecule has 1 saturated carbocycles. The molecule has 1 amide bonds. The van der Waals surface area contributed by atoms with Gasteiger partial charge in [0.2, 0.25) is 0 Å². The molecule has 2 heterocycles. The van der Waals surface area contributed by atoms with Crippen LogP contribution in [0, 0.1) is 0 Å². The number of nitrogens with one attached hydrogen (secondary N) is 1. The number of hydrogen-bond acceptors (Lipinski definition) is 7. The van der Waals surface area contributed by atoms with Gasteiger partial charge in [-0.3, -0.25) is 4.79 Å². The summed E-state index contributed by atoms with van der Waals surface area (Å²) < 4.78 is 10.9. The van der Waals surface area contributed by atoms with Crippen LogP contribution in [-0.4, -0.2) is 29.6 Å². The van der Waals surface area contributed by atoms with Gasteiger partial charge in [0.25, 0.3) is 5.91 Å². The summed E-state index contributed by atoms with van der Waals surface area (Å²) in [4.78, 5) is 21.8. The smallest absolute Gasteiger partial charge is 0.255 e. The van der Waals surface area contributed by atoms with Crippen molar-refractivity contribution in [3.05, 3.63) is 65.3 Å². The number of aromatic nitrogens is 2. The fourth-order valence-electron chi connectivity index (χ4n) is 3.72. The summed E-state index contributed by atoms with van der Waals surface area (Å²) in [5, 5.41) is 6.73. The van der Waals surface area contributed by atoms with Crippen LogP contribution < -0.4 is 20.5 Å². The first-order valence-electron chi connectivity index (χ1n) is 10.8. The van der Waals surface area contributed by atoms with E-state index in [1.165, 1.54) is 0 Å². The number of methoxy groups -OCH3 is 1. The normalized spacial score (nSPS) is 13.1. The highest BCUT2D eigenvalue weighted by atomic mass is 32.1. The molecule has 33 heavy (non-hydrogen) atoms. The van der Waals surface area contributed by atoms with Crippen LogP contribution in [0.3, 0.4) is 0 Å². The third kappa shape index (κ3) is 4.61. The number of anilines is 1. The number of nitrogens with zero attached hydrogens (tertiary/aromatic N) is 2. The second-order valence-corrected chi connectivity index (χ2v) is 8.85. The molecular formula is C25H24N4O3S. The predicted molar refractivity (Wildman–Crippen MR) is 130 cm³/mol. The van der Waals surface area contributed by atoms with Crippen LogP contribution in [0.1, 0.15) is 30.1 Å². The highest BCUT2D eigenvalue weighted by molar-refractivity contribution is 7.17. The Bertz CT molecular complexity index is 1300. The number of amides is 1. The average Bonchev–Trinajstić information content (AvgIpc) is 3.60. The molecule has 0 bridgehead atoms. The number of benzene rings is 2. The van der Waals surface area contributed by atoms with Gasteiger partial charge in [0.15, 0.2) is 18.1 Å². The van der Waals surface area contributed by atoms with E-state index in [1.54, 1.807) is 24.5 Å². The number of fused-ring (bicyclic) bond motifs is 1. The van der Waals surface area contributed by atoms with Crippen molar-refractivity contribution in [1.29, 1.82) is 0 Å². The number of ether oxygens (including phenoxy) is 2. The zero-order valence-corrected chi connectivity index (χ0v) is 19.0. The third-order valence-corrected chi connectivity index (χ3v) is 6.41. The van der Waals surface area contributed by atoms with Gasteiger partial charge in [0, 0.05) is 23.4 Å². The van der Waals surface area contributed by atoms with Crippen LogP contribution in [0.2, 0.25) is 0 Å². The molecule has 1 aliphatic rings. The number of primary amides is 1. The van der Waals surface area contributed by atoms with Gasteiger partial charge in [-0.1, -0.05) is 36.4 Å². The molecule has 5 rings (SSSR count). The van der Waals surface area contributed by atoms with Gasteiger partial charge >= 0.3 is 0 Å². The second-order valence-electron chi connectivity index (χ2n) is 7.99. The first kappa shape index (κ1) is 21.2. The highest BCUT2D eigenvalue weighted by Crippen LogP contribution is 2.42. The summed E-state index contributed by atoms with van der Waals surface area (Å²) in [5.41, 5.74) is 8.45. The molecule has 2 aromatic heterocycles. The average molecular weight is 461 g/mol. The number of nitrogens with two attached hydrogens (primary N) is 1. The maximum absolute atomic E-state index is 11.0. The maximum atomic E-state index is 11.0. The van der Waals surface area contributed by atoms with E-state index < -0.39 is 5.91 Å². The van der Waals surface area contributed by atoms with Crippen molar-refractivity contribution in [1.82, 2.24) is 9.97 Å². The standard InChI is InChI=1S/C25H24N4O3S/c1-31-20-11-15(7-10-19(20)32-13-21(26)30)12-27-24-22-18(16-5-3-2-4-6-16)14-33-25(22)29-23(28-24)17-8-9-17/h2-7,10-11,14,17H,8-9,12-13H2,1H3,(H2,26,30)(H,27,28,29). The monoisotopic (exact) mass is 460 g/mol. The van der Waals surface area contributed by atoms with Crippen molar-refractivity contribution in [2.45, 2.75) is 25.3 Å². The molecule has 0 atom stereocenters. The topological polar surface area (TPSA) is 99.4 Å². The van der Waals surface area contributed by atoms with Crippen molar-refractivity contribution in [2.24, 2.45) is 5.73 Å². The Balaban J connectivity index is 1.46. The summed E-state index contributed by atoms with van der Waals surface area (Å²) >= 11 is 1.65. The lowest BCUT2D eigenvalue weighted by Gasteiger charge is -2.13. The van der Waals surface area contributed by atoms with Gasteiger partial charge in [-0.2, -0.15) is 0 Å². The molecule has 1 aliphatic carbocycles. The summed E-state index contributed by atoms with van der Waals surface area (Å²) in [5.74, 6) is 2.70. The molecule has 0 aliphatic heterocycles. The summed E-state index contributed by atoms with van der Waals surface area (Å²) in [6.07, 6.45) is 2.29. The van der Waals surface area contributed by atoms with E-state index in [0.717, 1.165) is 51.4 Å². The molecule has 1 fully saturated rings. The van der Waals surface area contributed by atoms with E-state index in [0.29, 0.717) is 24.0 Å². The third-order valence-electron chi connectivity index (χ3n) is 5.54. The Kier molecular flexibility index (Phi) is 5.83. The summed E-state index contributed by atoms with van der Waals surface area (Å²) in [6, 6.07) is 15.9. The molecule has 0 radical (unpaired) electrons. The largest absolute Gasteiger partial charge is 0.493 e. The Morgan fingerprint density at radius 3 is 2.70 bits per heavy atom. The van der Waals surface area contributed by atoms with Gasteiger partial charge in [-0.15, -0.1) is 11.3 Å². The molecule has 4 aromatic rings. The Hall–Kier alpha value is -3.65. The number of carbonyl (C=O) groups is 1. The molecule has 0 spiro atoms. The first-order chi connectivity index (χ1) is 16.1. The van der Waals surface area contributed by atoms with Gasteiger partial charge in [0.1, 0.15) is 16.5 Å². The van der Waals surface area contributed by atoms with Crippen LogP contribution >= 0.6 is 11.3 Å². The van der Waals surface area contributed by atoms with Crippen LogP contribution in [0.5, 0.6) is 11.5 Å². The number of rotatable bonds is 9. The molecule has 0 saturated heterocycles. The Morgan fingerprint density at radius 2 is 1.97 bits per heavy atom. The van der Waals surface area contributed by atoms with Gasteiger partial charge in [-0.05, 0) is 36.1 Å². The predicted octanol–water partition coefficient (Wildman–Crippen LogP) is 4.72. The molecule has 7 nitrogen and oxygen atoms in total. The minimum atomic E-state index is -0.535. The fourth-order valence-corrected chi connectivity index (χ4v) is 4.67. The van der Waals surface area contributed by atoms with E-state index in [2.05, 4.69) is 22.8 Å². The van der Waals surface area contributed by atoms with Gasteiger partial charge < -0.3 is 20.5 Å². The van der Waals surface area contributed by atoms with Crippen LogP contribution in [0.15, 0.2) is 53.9 Å². The lowest BCUT2D eigenvalue weighted by atomic mass is 10.1. The van der Waals surface area contributed by atoms with Crippen molar-refractivity contribution < 1.29 is 14.3 Å². The van der Waals surface area contributed by atoms with Gasteiger partial charge in [0.05, 0.1) is 12.5 Å². The zero-order valence-electron chi connectivity index (χ0n) is 18.2. The number of hydrogen-bond donors (Lipinski definition) is 2. The molecule has 3 N–H and O–H groups in total. The fraction of sp³-hybridized carbons (Fsp3) is 0.240. The SMILES string of the molecule is COc1cc(CNc2nc(C3CC3)nc3scc(-c4ccccc4)c23)ccc1OCC(N)=O. The maximum Gasteiger partial charge on any atom is 0.255 e. The van der Waals surface area contributed by atoms with E-state index in [4.69, 9.17) is 25.2 Å². The summed E-state index contributed by atoms with van der Waals surface area (Å²) in [6.45, 7) is 0.351. The van der Waals surface area contributed by atoms with E-state index in [1.807, 2.05) is 30.3 Å². The Morgan fingerprint density at radius 1 is 1.15 bits per heavy atom. The number of carbonyl (C=O) groups excluding carboxylic acids is 1. The van der Waals surface area contributed by atoms with Crippen molar-refractivity contribution >= 4 is 33.3 Å². The number of thiophene rings is 1. The van der Waals surface area contributed by atoms with Crippen molar-refractivity contribution in [2.75, 3.05) is 19.0 Å². The zero-order chi connectivity index (χ0) is 22.8. The Labute approximate surface area is 195 Å². The molecule has 2 aromatic carbocycles. The van der Waals surface area contributed by atoms with Crippen LogP contribution in [0.4, 0.5) is 5.82 Å². The summed E-state index contributed by atoms with van der Waals surface area (Å²) in [7, 11) is 1.57. The highest BCUT2D eigenvalue weighted by Gasteiger charge is 2.28. The molecule has 168 valence electrons. The minimum absolute atomic E-state index is 0.197. The van der Waals surface area contributed by atoms with Crippen LogP contribution in [-0.2, 0) is 11.3 Å². The van der Waals surface area contributed by atoms with Crippen molar-refractivity contribution in [3.63, 3.8) is 0 Å². The van der Waals surface area contributed by atoms with Crippen molar-refractivity contribution in [3.8, 4) is 22.6 Å². The quantitative estimate of drug-likeness (QED) is 0.375. The molecular weight excluding hydrogens is 436 g/mol. The van der Waals surface area contributed by atoms with E-state index in [-0.39, 0.29) is 6.61 Å². The van der Waals surface area contributed by atoms with E-state index in [9.17, 15) is 4.79 Å². The van der Waals surface area contributed by atoms with Gasteiger partial charge in [-0.25, -0.2) is 9.97 Å². The molecule has 0 unspecified atom stereocenters. The first-order valence-corrected chi connectivity index (χ1v) is 11.7.